The van der Waals surface area contributed by atoms with Crippen LogP contribution in [-0.2, 0) is 4.47 Å². The fourth-order valence-electron chi connectivity index (χ4n) is 0. The van der Waals surface area contributed by atoms with E-state index in [1.165, 1.54) is 0 Å². The summed E-state index contributed by atoms with van der Waals surface area (Å²) in [7, 11) is 0. The van der Waals surface area contributed by atoms with Gasteiger partial charge < -0.3 is 0 Å². The van der Waals surface area contributed by atoms with Crippen LogP contribution in [0.2, 0.25) is 0 Å². The van der Waals surface area contributed by atoms with Gasteiger partial charge in [0.15, 0.2) is 0 Å². The molecule has 0 rings (SSSR count). The minimum atomic E-state index is -2.51. The van der Waals surface area contributed by atoms with Gasteiger partial charge in [0.1, 0.15) is 0 Å². The summed E-state index contributed by atoms with van der Waals surface area (Å²) in [6, 6.07) is 0. The van der Waals surface area contributed by atoms with Gasteiger partial charge in [-0.05, 0) is 0 Å². The molecule has 0 radical (unpaired) electrons. The fraction of sp³-hybridized carbons (Fsp3) is 0. The van der Waals surface area contributed by atoms with E-state index >= 15 is 0 Å². The van der Waals surface area contributed by atoms with Gasteiger partial charge in [0.05, 0.1) is 0 Å². The quantitative estimate of drug-likeness (QED) is 0.535. The molecule has 0 amide bonds. The molecule has 0 unspecified atom stereocenters. The minimum absolute atomic E-state index is 0. The molecule has 0 fully saturated rings. The van der Waals surface area contributed by atoms with Crippen molar-refractivity contribution in [1.82, 2.24) is 0 Å². The van der Waals surface area contributed by atoms with Crippen LogP contribution in [0.15, 0.2) is 0 Å². The Morgan fingerprint density at radius 3 is 1.25 bits per heavy atom. The van der Waals surface area contributed by atoms with Gasteiger partial charge in [0.2, 0.25) is 0 Å². The van der Waals surface area contributed by atoms with Crippen molar-refractivity contribution in [2.45, 2.75) is 0 Å². The third kappa shape index (κ3) is 9.02. The summed E-state index contributed by atoms with van der Waals surface area (Å²) in [5, 5.41) is 0. The summed E-state index contributed by atoms with van der Waals surface area (Å²) in [6.07, 6.45) is 0. The fourth-order valence-corrected chi connectivity index (χ4v) is 0. The van der Waals surface area contributed by atoms with Gasteiger partial charge in [0.25, 0.3) is 0 Å². The predicted molar refractivity (Wildman–Crippen MR) is 1.37 cm³/mol. The molecule has 2 nitrogen and oxygen atoms in total. The first kappa shape index (κ1) is 9.36. The van der Waals surface area contributed by atoms with Crippen LogP contribution in [0.25, 0.3) is 0 Å². The van der Waals surface area contributed by atoms with Crippen molar-refractivity contribution in [2.24, 2.45) is 0 Å². The van der Waals surface area contributed by atoms with Gasteiger partial charge in [-0.25, -0.2) is 0 Å². The summed E-state index contributed by atoms with van der Waals surface area (Å²) in [5.74, 6) is 0. The molecule has 0 saturated carbocycles. The molecular weight excluding hydrogens is 427 g/mol. The van der Waals surface area contributed by atoms with Gasteiger partial charge in [-0.2, -0.15) is 0 Å². The number of hydrogen-bond donors (Lipinski definition) is 0. The van der Waals surface area contributed by atoms with Crippen molar-refractivity contribution in [2.75, 3.05) is 0 Å². The Morgan fingerprint density at radius 1 is 1.25 bits per heavy atom. The van der Waals surface area contributed by atoms with Crippen molar-refractivity contribution < 1.29 is 72.2 Å². The third-order valence-corrected chi connectivity index (χ3v) is 0. The summed E-state index contributed by atoms with van der Waals surface area (Å²) in [5.41, 5.74) is 0. The summed E-state index contributed by atoms with van der Waals surface area (Å²) in [4.78, 5) is 0. The van der Waals surface area contributed by atoms with E-state index in [0.29, 0.717) is 0 Å². The van der Waals surface area contributed by atoms with Crippen LogP contribution >= 0.6 is 0 Å². The van der Waals surface area contributed by atoms with Crippen LogP contribution in [0.3, 0.4) is 0 Å². The van der Waals surface area contributed by atoms with Gasteiger partial charge >= 0.3 is 32.3 Å². The van der Waals surface area contributed by atoms with E-state index in [9.17, 15) is 0 Å². The summed E-state index contributed by atoms with van der Waals surface area (Å²) >= 11 is -2.51. The van der Waals surface area contributed by atoms with Crippen LogP contribution in [-0.4, -0.2) is 0 Å². The predicted octanol–water partition coefficient (Wildman–Crippen LogP) is -0.238. The Morgan fingerprint density at radius 2 is 1.25 bits per heavy atom. The molecular formula is GdO2U. The van der Waals surface area contributed by atoms with E-state index in [2.05, 4.69) is 0 Å². The Hall–Kier alpha value is 1.98. The van der Waals surface area contributed by atoms with E-state index < -0.39 is 27.8 Å². The molecule has 0 saturated heterocycles. The van der Waals surface area contributed by atoms with Gasteiger partial charge in [-0.15, -0.1) is 0 Å². The molecule has 0 aliphatic rings. The van der Waals surface area contributed by atoms with Gasteiger partial charge in [-0.1, -0.05) is 0 Å². The van der Waals surface area contributed by atoms with Crippen LogP contribution in [0.1, 0.15) is 0 Å². The molecule has 0 aliphatic heterocycles. The van der Waals surface area contributed by atoms with E-state index in [0.717, 1.165) is 0 Å². The number of rotatable bonds is 0. The second kappa shape index (κ2) is 8.88. The zero-order valence-electron chi connectivity index (χ0n) is 1.67. The molecule has 4 heteroatoms. The first-order valence-electron chi connectivity index (χ1n) is 0.408. The molecule has 24 valence electrons. The SMILES string of the molecule is [Gd].[O]=[U]=[O]. The van der Waals surface area contributed by atoms with Crippen molar-refractivity contribution in [3.05, 3.63) is 0 Å². The maximum atomic E-state index is 8.58. The number of hydrogen-bond acceptors (Lipinski definition) is 2. The van der Waals surface area contributed by atoms with E-state index in [-0.39, 0.29) is 39.9 Å². The molecule has 0 atom stereocenters. The molecule has 0 aliphatic carbocycles. The van der Waals surface area contributed by atoms with E-state index in [1.807, 2.05) is 0 Å². The topological polar surface area (TPSA) is 34.1 Å². The first-order chi connectivity index (χ1) is 1.41. The van der Waals surface area contributed by atoms with Crippen molar-refractivity contribution in [3.8, 4) is 0 Å². The molecule has 0 aromatic carbocycles. The summed E-state index contributed by atoms with van der Waals surface area (Å²) < 4.78 is 17.2. The molecule has 0 spiro atoms. The normalized spacial score (nSPS) is 2.00. The molecule has 0 aromatic rings. The summed E-state index contributed by atoms with van der Waals surface area (Å²) in [6.45, 7) is 0. The van der Waals surface area contributed by atoms with E-state index in [4.69, 9.17) is 4.47 Å². The maximum absolute atomic E-state index is 8.58. The molecule has 0 bridgehead atoms. The van der Waals surface area contributed by atoms with Gasteiger partial charge in [-0.3, -0.25) is 0 Å². The average molecular weight is 427 g/mol. The van der Waals surface area contributed by atoms with Gasteiger partial charge in [0, 0.05) is 39.9 Å². The zero-order valence-corrected chi connectivity index (χ0v) is 8.10. The van der Waals surface area contributed by atoms with E-state index in [1.54, 1.807) is 0 Å². The van der Waals surface area contributed by atoms with Crippen molar-refractivity contribution >= 4 is 0 Å². The van der Waals surface area contributed by atoms with Crippen molar-refractivity contribution in [3.63, 3.8) is 0 Å². The van der Waals surface area contributed by atoms with Crippen LogP contribution in [0.5, 0.6) is 0 Å². The zero-order chi connectivity index (χ0) is 2.71. The average Bonchev–Trinajstić information content (AvgIpc) is 0.918. The van der Waals surface area contributed by atoms with Crippen LogP contribution < -0.4 is 0 Å². The standard InChI is InChI=1S/Gd.2O.U. The molecule has 0 aromatic heterocycles. The Balaban J connectivity index is 0. The second-order valence-corrected chi connectivity index (χ2v) is 0.777. The Bertz CT molecular complexity index is 27.0. The van der Waals surface area contributed by atoms with Crippen LogP contribution in [0.4, 0.5) is 0 Å². The second-order valence-electron chi connectivity index (χ2n) is 0.0833. The molecule has 0 heterocycles. The van der Waals surface area contributed by atoms with Crippen LogP contribution in [0, 0.1) is 67.8 Å². The Kier molecular flexibility index (Phi) is 20.8. The monoisotopic (exact) mass is 428 g/mol. The third-order valence-electron chi connectivity index (χ3n) is 0. The Labute approximate surface area is 70.6 Å². The molecule has 0 N–H and O–H groups in total. The van der Waals surface area contributed by atoms with Crippen molar-refractivity contribution in [1.29, 1.82) is 0 Å². The molecule has 4 heavy (non-hydrogen) atoms. The first-order valence-corrected chi connectivity index (χ1v) is 3.81.